The molecule has 31 heavy (non-hydrogen) atoms. The van der Waals surface area contributed by atoms with Gasteiger partial charge < -0.3 is 20.0 Å². The summed E-state index contributed by atoms with van der Waals surface area (Å²) in [6, 6.07) is 8.50. The van der Waals surface area contributed by atoms with E-state index < -0.39 is 40.7 Å². The molecule has 1 heterocycles. The molecule has 0 saturated heterocycles. The van der Waals surface area contributed by atoms with Crippen LogP contribution in [0.25, 0.3) is 11.3 Å². The first-order valence-corrected chi connectivity index (χ1v) is 9.91. The first-order chi connectivity index (χ1) is 14.7. The highest BCUT2D eigenvalue weighted by Gasteiger charge is 2.28. The van der Waals surface area contributed by atoms with Crippen LogP contribution in [0.15, 0.2) is 45.5 Å². The minimum Gasteiger partial charge on any atom is -0.490 e. The number of primary amides is 1. The minimum atomic E-state index is -1.29. The number of benzene rings is 2. The molecule has 1 amide bonds. The molecule has 11 heteroatoms. The van der Waals surface area contributed by atoms with Gasteiger partial charge in [0.2, 0.25) is 5.89 Å². The molecule has 0 aliphatic rings. The fourth-order valence-corrected chi connectivity index (χ4v) is 3.37. The lowest BCUT2D eigenvalue weighted by Gasteiger charge is -2.12. The van der Waals surface area contributed by atoms with Crippen molar-refractivity contribution in [1.82, 2.24) is 4.98 Å². The van der Waals surface area contributed by atoms with Crippen LogP contribution < -0.4 is 10.5 Å². The number of carbonyl (C=O) groups is 2. The molecule has 0 radical (unpaired) electrons. The number of halogens is 4. The minimum absolute atomic E-state index is 0.0923. The van der Waals surface area contributed by atoms with Crippen molar-refractivity contribution >= 4 is 39.4 Å². The average Bonchev–Trinajstić information content (AvgIpc) is 3.08. The molecular formula is C20H14BrClF2N2O5. The topological polar surface area (TPSA) is 116 Å². The number of aromatic nitrogens is 1. The Morgan fingerprint density at radius 3 is 2.52 bits per heavy atom. The highest BCUT2D eigenvalue weighted by molar-refractivity contribution is 9.10. The van der Waals surface area contributed by atoms with E-state index in [-0.39, 0.29) is 23.6 Å². The second kappa shape index (κ2) is 9.44. The van der Waals surface area contributed by atoms with Gasteiger partial charge in [0.25, 0.3) is 5.91 Å². The summed E-state index contributed by atoms with van der Waals surface area (Å²) in [4.78, 5) is 27.2. The summed E-state index contributed by atoms with van der Waals surface area (Å²) >= 11 is 9.09. The number of amides is 1. The molecule has 1 unspecified atom stereocenters. The Labute approximate surface area is 187 Å². The molecule has 3 rings (SSSR count). The number of aliphatic carboxylic acids is 1. The van der Waals surface area contributed by atoms with Gasteiger partial charge in [-0.1, -0.05) is 23.7 Å². The van der Waals surface area contributed by atoms with Crippen molar-refractivity contribution in [1.29, 1.82) is 0 Å². The van der Waals surface area contributed by atoms with Crippen molar-refractivity contribution in [3.8, 4) is 17.0 Å². The third-order valence-corrected chi connectivity index (χ3v) is 5.07. The quantitative estimate of drug-likeness (QED) is 0.446. The van der Waals surface area contributed by atoms with Gasteiger partial charge in [0.1, 0.15) is 23.0 Å². The normalized spacial score (nSPS) is 11.9. The van der Waals surface area contributed by atoms with E-state index in [1.54, 1.807) is 24.3 Å². The van der Waals surface area contributed by atoms with Crippen LogP contribution in [0.5, 0.6) is 5.75 Å². The molecule has 1 atom stereocenters. The summed E-state index contributed by atoms with van der Waals surface area (Å²) in [5, 5.41) is 10.1. The number of rotatable bonds is 8. The van der Waals surface area contributed by atoms with Crippen molar-refractivity contribution < 1.29 is 32.6 Å². The van der Waals surface area contributed by atoms with Gasteiger partial charge in [0.05, 0.1) is 6.61 Å². The zero-order valence-corrected chi connectivity index (χ0v) is 17.9. The Bertz CT molecular complexity index is 1140. The van der Waals surface area contributed by atoms with E-state index in [0.29, 0.717) is 16.3 Å². The highest BCUT2D eigenvalue weighted by Crippen LogP contribution is 2.33. The first-order valence-electron chi connectivity index (χ1n) is 8.74. The maximum atomic E-state index is 14.2. The number of nitrogens with two attached hydrogens (primary N) is 1. The van der Waals surface area contributed by atoms with Gasteiger partial charge in [-0.3, -0.25) is 9.59 Å². The largest absolute Gasteiger partial charge is 0.490 e. The van der Waals surface area contributed by atoms with Gasteiger partial charge >= 0.3 is 5.97 Å². The Morgan fingerprint density at radius 2 is 1.90 bits per heavy atom. The highest BCUT2D eigenvalue weighted by atomic mass is 79.9. The molecule has 162 valence electrons. The molecule has 0 aliphatic carbocycles. The van der Waals surface area contributed by atoms with Crippen LogP contribution in [-0.2, 0) is 4.79 Å². The molecule has 2 aromatic carbocycles. The van der Waals surface area contributed by atoms with Crippen molar-refractivity contribution in [2.45, 2.75) is 12.3 Å². The molecule has 3 N–H and O–H groups in total. The van der Waals surface area contributed by atoms with Crippen LogP contribution in [0.4, 0.5) is 8.78 Å². The molecule has 7 nitrogen and oxygen atoms in total. The lowest BCUT2D eigenvalue weighted by molar-refractivity contribution is -0.139. The summed E-state index contributed by atoms with van der Waals surface area (Å²) in [5.41, 5.74) is 5.07. The van der Waals surface area contributed by atoms with E-state index in [2.05, 4.69) is 20.9 Å². The maximum Gasteiger partial charge on any atom is 0.316 e. The number of hydrogen-bond acceptors (Lipinski definition) is 5. The number of nitrogens with zero attached hydrogens (tertiary/aromatic N) is 1. The van der Waals surface area contributed by atoms with Gasteiger partial charge in [-0.25, -0.2) is 13.8 Å². The van der Waals surface area contributed by atoms with Crippen molar-refractivity contribution in [2.75, 3.05) is 6.61 Å². The van der Waals surface area contributed by atoms with Gasteiger partial charge in [0, 0.05) is 17.0 Å². The van der Waals surface area contributed by atoms with Crippen LogP contribution in [0.1, 0.15) is 28.6 Å². The maximum absolute atomic E-state index is 14.2. The monoisotopic (exact) mass is 514 g/mol. The molecule has 0 spiro atoms. The molecule has 0 aliphatic heterocycles. The molecule has 3 aromatic rings. The first kappa shape index (κ1) is 22.7. The lowest BCUT2D eigenvalue weighted by Crippen LogP contribution is -2.18. The van der Waals surface area contributed by atoms with Crippen LogP contribution in [0.3, 0.4) is 0 Å². The van der Waals surface area contributed by atoms with Gasteiger partial charge in [-0.05, 0) is 40.2 Å². The van der Waals surface area contributed by atoms with Crippen LogP contribution in [0.2, 0.25) is 5.02 Å². The third kappa shape index (κ3) is 5.02. The SMILES string of the molecule is NC(=O)c1c(F)ccc(OCCC(C(=O)O)c2nc(-c3ccc(Cl)cc3)c(Br)o2)c1F. The number of carboxylic acid groups (broad SMARTS) is 1. The van der Waals surface area contributed by atoms with E-state index in [9.17, 15) is 23.5 Å². The fraction of sp³-hybridized carbons (Fsp3) is 0.150. The Kier molecular flexibility index (Phi) is 6.91. The Morgan fingerprint density at radius 1 is 1.23 bits per heavy atom. The number of ether oxygens (including phenoxy) is 1. The number of carboxylic acids is 1. The molecular weight excluding hydrogens is 502 g/mol. The van der Waals surface area contributed by atoms with Crippen LogP contribution >= 0.6 is 27.5 Å². The van der Waals surface area contributed by atoms with E-state index in [1.165, 1.54) is 0 Å². The molecule has 0 saturated carbocycles. The van der Waals surface area contributed by atoms with E-state index in [1.807, 2.05) is 0 Å². The summed E-state index contributed by atoms with van der Waals surface area (Å²) in [7, 11) is 0. The lowest BCUT2D eigenvalue weighted by atomic mass is 10.1. The Balaban J connectivity index is 1.77. The van der Waals surface area contributed by atoms with Gasteiger partial charge in [-0.2, -0.15) is 0 Å². The summed E-state index contributed by atoms with van der Waals surface area (Å²) in [5.74, 6) is -6.65. The van der Waals surface area contributed by atoms with Crippen molar-refractivity contribution in [2.24, 2.45) is 5.73 Å². The predicted octanol–water partition coefficient (Wildman–Crippen LogP) is 4.77. The smallest absolute Gasteiger partial charge is 0.316 e. The average molecular weight is 516 g/mol. The van der Waals surface area contributed by atoms with Gasteiger partial charge in [0.15, 0.2) is 16.2 Å². The van der Waals surface area contributed by atoms with Crippen LogP contribution in [0, 0.1) is 11.6 Å². The summed E-state index contributed by atoms with van der Waals surface area (Å²) in [6.45, 7) is -0.284. The molecule has 1 aromatic heterocycles. The van der Waals surface area contributed by atoms with Gasteiger partial charge in [-0.15, -0.1) is 0 Å². The fourth-order valence-electron chi connectivity index (χ4n) is 2.76. The molecule has 0 fully saturated rings. The second-order valence-electron chi connectivity index (χ2n) is 6.31. The number of hydrogen-bond donors (Lipinski definition) is 2. The van der Waals surface area contributed by atoms with Crippen molar-refractivity contribution in [3.05, 3.63) is 69.2 Å². The van der Waals surface area contributed by atoms with Crippen LogP contribution in [-0.4, -0.2) is 28.6 Å². The Hall–Kier alpha value is -2.98. The number of carbonyl (C=O) groups excluding carboxylic acids is 1. The number of oxazole rings is 1. The summed E-state index contributed by atoms with van der Waals surface area (Å²) in [6.07, 6.45) is -0.148. The molecule has 0 bridgehead atoms. The summed E-state index contributed by atoms with van der Waals surface area (Å²) < 4.78 is 38.7. The van der Waals surface area contributed by atoms with Crippen molar-refractivity contribution in [3.63, 3.8) is 0 Å². The van der Waals surface area contributed by atoms with E-state index in [4.69, 9.17) is 26.5 Å². The van der Waals surface area contributed by atoms with E-state index >= 15 is 0 Å². The third-order valence-electron chi connectivity index (χ3n) is 4.28. The van der Waals surface area contributed by atoms with E-state index in [0.717, 1.165) is 12.1 Å². The zero-order chi connectivity index (χ0) is 22.7. The standard InChI is InChI=1S/C20H14BrClF2N2O5/c21-17-16(9-1-3-10(22)4-2-9)26-19(31-17)11(20(28)29)7-8-30-13-6-5-12(23)14(15(13)24)18(25)27/h1-6,11H,7-8H2,(H2,25,27)(H,28,29). The second-order valence-corrected chi connectivity index (χ2v) is 7.46. The predicted molar refractivity (Wildman–Crippen MR) is 110 cm³/mol. The zero-order valence-electron chi connectivity index (χ0n) is 15.6.